The van der Waals surface area contributed by atoms with Crippen molar-refractivity contribution in [2.75, 3.05) is 21.3 Å². The average molecular weight is 407 g/mol. The summed E-state index contributed by atoms with van der Waals surface area (Å²) in [7, 11) is 4.65. The maximum atomic E-state index is 12.4. The monoisotopic (exact) mass is 407 g/mol. The number of aromatic nitrogens is 1. The number of amides is 1. The SMILES string of the molecule is COc1cc(OC)c(OC)cc1C=NNC(=O)c1ccc(-n2c(C)ccc2C)cc1. The Bertz CT molecular complexity index is 1050. The molecule has 7 nitrogen and oxygen atoms in total. The number of methoxy groups -OCH3 is 3. The molecule has 2 aromatic carbocycles. The number of nitrogens with zero attached hydrogens (tertiary/aromatic N) is 2. The van der Waals surface area contributed by atoms with Gasteiger partial charge in [0.25, 0.3) is 5.91 Å². The molecule has 3 aromatic rings. The van der Waals surface area contributed by atoms with Crippen LogP contribution in [0.3, 0.4) is 0 Å². The third kappa shape index (κ3) is 4.30. The van der Waals surface area contributed by atoms with Crippen LogP contribution in [0.4, 0.5) is 0 Å². The molecule has 1 N–H and O–H groups in total. The number of hydrazone groups is 1. The van der Waals surface area contributed by atoms with Crippen molar-refractivity contribution in [3.05, 3.63) is 71.0 Å². The van der Waals surface area contributed by atoms with Gasteiger partial charge in [-0.3, -0.25) is 4.79 Å². The molecule has 0 aliphatic carbocycles. The van der Waals surface area contributed by atoms with Gasteiger partial charge in [0.15, 0.2) is 11.5 Å². The lowest BCUT2D eigenvalue weighted by Gasteiger charge is -2.12. The largest absolute Gasteiger partial charge is 0.496 e. The molecule has 0 aliphatic rings. The Kier molecular flexibility index (Phi) is 6.41. The number of ether oxygens (including phenoxy) is 3. The van der Waals surface area contributed by atoms with Crippen LogP contribution in [-0.2, 0) is 0 Å². The van der Waals surface area contributed by atoms with Gasteiger partial charge in [-0.25, -0.2) is 5.43 Å². The van der Waals surface area contributed by atoms with Crippen LogP contribution in [0.15, 0.2) is 53.6 Å². The number of aryl methyl sites for hydroxylation is 2. The molecule has 0 spiro atoms. The van der Waals surface area contributed by atoms with Crippen molar-refractivity contribution in [1.82, 2.24) is 9.99 Å². The van der Waals surface area contributed by atoms with Gasteiger partial charge < -0.3 is 18.8 Å². The van der Waals surface area contributed by atoms with Gasteiger partial charge in [-0.05, 0) is 56.3 Å². The lowest BCUT2D eigenvalue weighted by molar-refractivity contribution is 0.0955. The van der Waals surface area contributed by atoms with Crippen molar-refractivity contribution >= 4 is 12.1 Å². The van der Waals surface area contributed by atoms with Crippen molar-refractivity contribution in [2.24, 2.45) is 5.10 Å². The van der Waals surface area contributed by atoms with Gasteiger partial charge in [0.2, 0.25) is 0 Å². The molecule has 156 valence electrons. The second kappa shape index (κ2) is 9.17. The van der Waals surface area contributed by atoms with E-state index in [1.807, 2.05) is 26.0 Å². The maximum absolute atomic E-state index is 12.4. The van der Waals surface area contributed by atoms with Gasteiger partial charge in [-0.15, -0.1) is 0 Å². The third-order valence-electron chi connectivity index (χ3n) is 4.76. The standard InChI is InChI=1S/C23H25N3O4/c1-15-6-7-16(2)26(15)19-10-8-17(9-11-19)23(27)25-24-14-18-12-21(29-4)22(30-5)13-20(18)28-3/h6-14H,1-5H3,(H,25,27). The van der Waals surface area contributed by atoms with E-state index >= 15 is 0 Å². The van der Waals surface area contributed by atoms with Gasteiger partial charge in [-0.2, -0.15) is 5.10 Å². The van der Waals surface area contributed by atoms with Crippen LogP contribution in [0.1, 0.15) is 27.3 Å². The Balaban J connectivity index is 1.73. The number of rotatable bonds is 7. The van der Waals surface area contributed by atoms with Crippen molar-refractivity contribution in [1.29, 1.82) is 0 Å². The first-order valence-corrected chi connectivity index (χ1v) is 9.37. The van der Waals surface area contributed by atoms with Crippen LogP contribution in [0.25, 0.3) is 5.69 Å². The van der Waals surface area contributed by atoms with E-state index in [0.717, 1.165) is 17.1 Å². The molecule has 1 aromatic heterocycles. The van der Waals surface area contributed by atoms with E-state index in [1.54, 1.807) is 45.6 Å². The summed E-state index contributed by atoms with van der Waals surface area (Å²) in [5, 5.41) is 4.05. The molecule has 0 atom stereocenters. The van der Waals surface area contributed by atoms with Gasteiger partial charge in [0, 0.05) is 34.3 Å². The van der Waals surface area contributed by atoms with Crippen LogP contribution >= 0.6 is 0 Å². The van der Waals surface area contributed by atoms with Crippen molar-refractivity contribution in [3.8, 4) is 22.9 Å². The number of carbonyl (C=O) groups excluding carboxylic acids is 1. The van der Waals surface area contributed by atoms with E-state index in [-0.39, 0.29) is 5.91 Å². The smallest absolute Gasteiger partial charge is 0.271 e. The van der Waals surface area contributed by atoms with Gasteiger partial charge in [0.05, 0.1) is 27.5 Å². The normalized spacial score (nSPS) is 10.8. The first-order chi connectivity index (χ1) is 14.5. The Morgan fingerprint density at radius 3 is 2.00 bits per heavy atom. The summed E-state index contributed by atoms with van der Waals surface area (Å²) in [5.74, 6) is 1.33. The third-order valence-corrected chi connectivity index (χ3v) is 4.76. The molecule has 0 saturated carbocycles. The fraction of sp³-hybridized carbons (Fsp3) is 0.217. The lowest BCUT2D eigenvalue weighted by atomic mass is 10.2. The highest BCUT2D eigenvalue weighted by molar-refractivity contribution is 5.95. The van der Waals surface area contributed by atoms with Crippen LogP contribution in [-0.4, -0.2) is 38.0 Å². The van der Waals surface area contributed by atoms with E-state index in [0.29, 0.717) is 28.4 Å². The summed E-state index contributed by atoms with van der Waals surface area (Å²) in [5.41, 5.74) is 6.97. The summed E-state index contributed by atoms with van der Waals surface area (Å²) >= 11 is 0. The Labute approximate surface area is 175 Å². The highest BCUT2D eigenvalue weighted by Gasteiger charge is 2.11. The molecule has 0 saturated heterocycles. The zero-order valence-electron chi connectivity index (χ0n) is 17.7. The second-order valence-corrected chi connectivity index (χ2v) is 6.65. The highest BCUT2D eigenvalue weighted by atomic mass is 16.5. The molecule has 0 bridgehead atoms. The fourth-order valence-electron chi connectivity index (χ4n) is 3.22. The maximum Gasteiger partial charge on any atom is 0.271 e. The number of nitrogens with one attached hydrogen (secondary N) is 1. The summed E-state index contributed by atoms with van der Waals surface area (Å²) in [6, 6.07) is 14.9. The number of hydrogen-bond donors (Lipinski definition) is 1. The van der Waals surface area contributed by atoms with E-state index in [1.165, 1.54) is 6.21 Å². The molecule has 7 heteroatoms. The minimum atomic E-state index is -0.307. The molecule has 0 aliphatic heterocycles. The van der Waals surface area contributed by atoms with E-state index < -0.39 is 0 Å². The predicted octanol–water partition coefficient (Wildman–Crippen LogP) is 3.88. The molecule has 0 unspecified atom stereocenters. The number of carbonyl (C=O) groups is 1. The van der Waals surface area contributed by atoms with Crippen molar-refractivity contribution in [3.63, 3.8) is 0 Å². The minimum absolute atomic E-state index is 0.307. The van der Waals surface area contributed by atoms with Crippen LogP contribution in [0.5, 0.6) is 17.2 Å². The first-order valence-electron chi connectivity index (χ1n) is 9.37. The minimum Gasteiger partial charge on any atom is -0.496 e. The molecule has 0 fully saturated rings. The molecule has 0 radical (unpaired) electrons. The summed E-state index contributed by atoms with van der Waals surface area (Å²) in [6.45, 7) is 4.09. The molecule has 1 heterocycles. The zero-order valence-corrected chi connectivity index (χ0v) is 17.7. The van der Waals surface area contributed by atoms with E-state index in [2.05, 4.69) is 27.2 Å². The molecular formula is C23H25N3O4. The molecule has 1 amide bonds. The highest BCUT2D eigenvalue weighted by Crippen LogP contribution is 2.33. The van der Waals surface area contributed by atoms with Crippen LogP contribution in [0.2, 0.25) is 0 Å². The van der Waals surface area contributed by atoms with Crippen molar-refractivity contribution in [2.45, 2.75) is 13.8 Å². The summed E-state index contributed by atoms with van der Waals surface area (Å²) < 4.78 is 18.0. The lowest BCUT2D eigenvalue weighted by Crippen LogP contribution is -2.17. The summed E-state index contributed by atoms with van der Waals surface area (Å²) in [6.07, 6.45) is 1.50. The summed E-state index contributed by atoms with van der Waals surface area (Å²) in [4.78, 5) is 12.4. The first kappa shape index (κ1) is 21.0. The van der Waals surface area contributed by atoms with E-state index in [4.69, 9.17) is 14.2 Å². The van der Waals surface area contributed by atoms with Crippen molar-refractivity contribution < 1.29 is 19.0 Å². The van der Waals surface area contributed by atoms with E-state index in [9.17, 15) is 4.79 Å². The average Bonchev–Trinajstić information content (AvgIpc) is 3.11. The Morgan fingerprint density at radius 2 is 1.43 bits per heavy atom. The predicted molar refractivity (Wildman–Crippen MR) is 116 cm³/mol. The van der Waals surface area contributed by atoms with Gasteiger partial charge in [0.1, 0.15) is 5.75 Å². The zero-order chi connectivity index (χ0) is 21.7. The molecule has 30 heavy (non-hydrogen) atoms. The second-order valence-electron chi connectivity index (χ2n) is 6.65. The number of benzene rings is 2. The van der Waals surface area contributed by atoms with Crippen LogP contribution in [0, 0.1) is 13.8 Å². The van der Waals surface area contributed by atoms with Gasteiger partial charge in [-0.1, -0.05) is 0 Å². The topological polar surface area (TPSA) is 74.1 Å². The Morgan fingerprint density at radius 1 is 0.867 bits per heavy atom. The fourth-order valence-corrected chi connectivity index (χ4v) is 3.22. The molecular weight excluding hydrogens is 382 g/mol. The number of hydrogen-bond acceptors (Lipinski definition) is 5. The molecule has 3 rings (SSSR count). The van der Waals surface area contributed by atoms with Gasteiger partial charge >= 0.3 is 0 Å². The van der Waals surface area contributed by atoms with Crippen LogP contribution < -0.4 is 19.6 Å². The quantitative estimate of drug-likeness (QED) is 0.476. The Hall–Kier alpha value is -3.74.